The number of aromatic nitrogens is 1. The van der Waals surface area contributed by atoms with Crippen molar-refractivity contribution < 1.29 is 14.3 Å². The summed E-state index contributed by atoms with van der Waals surface area (Å²) in [4.78, 5) is 38.0. The topological polar surface area (TPSA) is 77.4 Å². The van der Waals surface area contributed by atoms with Crippen LogP contribution in [0.25, 0.3) is 32.6 Å². The van der Waals surface area contributed by atoms with E-state index in [0.29, 0.717) is 21.8 Å². The van der Waals surface area contributed by atoms with Crippen LogP contribution in [0.15, 0.2) is 95.8 Å². The van der Waals surface area contributed by atoms with Crippen molar-refractivity contribution in [3.8, 4) is 0 Å². The molecule has 5 rings (SSSR count). The molecule has 0 aliphatic heterocycles. The third-order valence-electron chi connectivity index (χ3n) is 6.18. The predicted molar refractivity (Wildman–Crippen MR) is 137 cm³/mol. The zero-order valence-electron chi connectivity index (χ0n) is 19.2. The zero-order chi connectivity index (χ0) is 24.4. The lowest BCUT2D eigenvalue weighted by Crippen LogP contribution is -2.31. The van der Waals surface area contributed by atoms with E-state index in [0.717, 1.165) is 16.3 Å². The molecular formula is C29H24N2O4. The van der Waals surface area contributed by atoms with Gasteiger partial charge in [0, 0.05) is 10.8 Å². The number of amides is 1. The van der Waals surface area contributed by atoms with Gasteiger partial charge in [-0.1, -0.05) is 60.7 Å². The molecule has 6 heteroatoms. The van der Waals surface area contributed by atoms with E-state index in [2.05, 4.69) is 5.32 Å². The fraction of sp³-hybridized carbons (Fsp3) is 0.138. The van der Waals surface area contributed by atoms with Crippen LogP contribution in [-0.4, -0.2) is 23.1 Å². The molecule has 0 saturated carbocycles. The number of hydrogen-bond acceptors (Lipinski definition) is 4. The Morgan fingerprint density at radius 1 is 0.829 bits per heavy atom. The first-order valence-corrected chi connectivity index (χ1v) is 11.5. The first kappa shape index (κ1) is 22.3. The van der Waals surface area contributed by atoms with Gasteiger partial charge >= 0.3 is 5.97 Å². The number of esters is 1. The van der Waals surface area contributed by atoms with E-state index in [1.807, 2.05) is 61.5 Å². The number of nitrogens with one attached hydrogen (secondary N) is 1. The molecule has 6 nitrogen and oxygen atoms in total. The van der Waals surface area contributed by atoms with Gasteiger partial charge in [0.1, 0.15) is 6.54 Å². The van der Waals surface area contributed by atoms with Gasteiger partial charge in [0.2, 0.25) is 0 Å². The standard InChI is InChI=1S/C29H24N2O4/c1-19(21-15-14-20-8-2-3-9-22(20)16-21)30-27(32)18-35-28(33)17-31-25-12-6-4-10-23(25)29(34)24-11-5-7-13-26(24)31/h2-16,19H,17-18H2,1H3,(H,30,32). The molecule has 1 aromatic heterocycles. The number of benzene rings is 4. The van der Waals surface area contributed by atoms with E-state index in [9.17, 15) is 14.4 Å². The Balaban J connectivity index is 1.28. The minimum atomic E-state index is -0.558. The quantitative estimate of drug-likeness (QED) is 0.291. The Bertz CT molecular complexity index is 1580. The summed E-state index contributed by atoms with van der Waals surface area (Å²) >= 11 is 0. The van der Waals surface area contributed by atoms with Gasteiger partial charge in [0.05, 0.1) is 17.1 Å². The van der Waals surface area contributed by atoms with Crippen LogP contribution in [0.2, 0.25) is 0 Å². The zero-order valence-corrected chi connectivity index (χ0v) is 19.2. The summed E-state index contributed by atoms with van der Waals surface area (Å²) in [5.41, 5.74) is 2.17. The summed E-state index contributed by atoms with van der Waals surface area (Å²) in [5.74, 6) is -0.939. The van der Waals surface area contributed by atoms with E-state index < -0.39 is 5.97 Å². The molecule has 4 aromatic carbocycles. The Kier molecular flexibility index (Phi) is 6.02. The highest BCUT2D eigenvalue weighted by molar-refractivity contribution is 5.94. The molecule has 0 fully saturated rings. The molecule has 0 aliphatic carbocycles. The fourth-order valence-electron chi connectivity index (χ4n) is 4.41. The van der Waals surface area contributed by atoms with Crippen LogP contribution in [0.3, 0.4) is 0 Å². The number of nitrogens with zero attached hydrogens (tertiary/aromatic N) is 1. The summed E-state index contributed by atoms with van der Waals surface area (Å²) in [5, 5.41) is 6.17. The maximum Gasteiger partial charge on any atom is 0.326 e. The van der Waals surface area contributed by atoms with Gasteiger partial charge in [-0.2, -0.15) is 0 Å². The smallest absolute Gasteiger partial charge is 0.326 e. The molecule has 0 saturated heterocycles. The molecule has 0 radical (unpaired) electrons. The van der Waals surface area contributed by atoms with Crippen LogP contribution in [-0.2, 0) is 20.9 Å². The van der Waals surface area contributed by atoms with E-state index in [1.54, 1.807) is 41.0 Å². The number of carbonyl (C=O) groups excluding carboxylic acids is 2. The second-order valence-corrected chi connectivity index (χ2v) is 8.51. The van der Waals surface area contributed by atoms with Crippen molar-refractivity contribution in [1.29, 1.82) is 0 Å². The van der Waals surface area contributed by atoms with Gasteiger partial charge in [0.15, 0.2) is 12.0 Å². The molecule has 1 heterocycles. The van der Waals surface area contributed by atoms with Gasteiger partial charge in [0.25, 0.3) is 5.91 Å². The van der Waals surface area contributed by atoms with Crippen LogP contribution in [0, 0.1) is 0 Å². The first-order valence-electron chi connectivity index (χ1n) is 11.5. The van der Waals surface area contributed by atoms with Crippen LogP contribution in [0.5, 0.6) is 0 Å². The Labute approximate surface area is 201 Å². The van der Waals surface area contributed by atoms with E-state index in [1.165, 1.54) is 0 Å². The van der Waals surface area contributed by atoms with E-state index in [4.69, 9.17) is 4.74 Å². The van der Waals surface area contributed by atoms with Gasteiger partial charge in [-0.05, 0) is 53.6 Å². The number of fused-ring (bicyclic) bond motifs is 3. The Morgan fingerprint density at radius 2 is 1.43 bits per heavy atom. The highest BCUT2D eigenvalue weighted by Gasteiger charge is 2.16. The second kappa shape index (κ2) is 9.43. The molecule has 35 heavy (non-hydrogen) atoms. The highest BCUT2D eigenvalue weighted by Crippen LogP contribution is 2.21. The van der Waals surface area contributed by atoms with Gasteiger partial charge < -0.3 is 14.6 Å². The lowest BCUT2D eigenvalue weighted by molar-refractivity contribution is -0.149. The van der Waals surface area contributed by atoms with E-state index in [-0.39, 0.29) is 30.5 Å². The number of rotatable bonds is 6. The highest BCUT2D eigenvalue weighted by atomic mass is 16.5. The molecule has 0 spiro atoms. The largest absolute Gasteiger partial charge is 0.454 e. The van der Waals surface area contributed by atoms with Crippen LogP contribution < -0.4 is 10.7 Å². The minimum Gasteiger partial charge on any atom is -0.454 e. The number of carbonyl (C=O) groups is 2. The molecule has 1 N–H and O–H groups in total. The number of pyridine rings is 1. The summed E-state index contributed by atoms with van der Waals surface area (Å²) < 4.78 is 7.05. The Hall–Kier alpha value is -4.45. The van der Waals surface area contributed by atoms with Crippen molar-refractivity contribution >= 4 is 44.5 Å². The number of ether oxygens (including phenoxy) is 1. The SMILES string of the molecule is CC(NC(=O)COC(=O)Cn1c2ccccc2c(=O)c2ccccc21)c1ccc2ccccc2c1. The van der Waals surface area contributed by atoms with E-state index >= 15 is 0 Å². The second-order valence-electron chi connectivity index (χ2n) is 8.51. The maximum absolute atomic E-state index is 12.9. The molecule has 1 amide bonds. The third-order valence-corrected chi connectivity index (χ3v) is 6.18. The van der Waals surface area contributed by atoms with Crippen molar-refractivity contribution in [2.75, 3.05) is 6.61 Å². The van der Waals surface area contributed by atoms with Gasteiger partial charge in [-0.15, -0.1) is 0 Å². The number of hydrogen-bond donors (Lipinski definition) is 1. The van der Waals surface area contributed by atoms with Gasteiger partial charge in [-0.3, -0.25) is 14.4 Å². The fourth-order valence-corrected chi connectivity index (χ4v) is 4.41. The molecule has 5 aromatic rings. The van der Waals surface area contributed by atoms with Crippen molar-refractivity contribution in [2.45, 2.75) is 19.5 Å². The molecule has 0 bridgehead atoms. The summed E-state index contributed by atoms with van der Waals surface area (Å²) in [6.45, 7) is 1.39. The molecule has 174 valence electrons. The van der Waals surface area contributed by atoms with Crippen molar-refractivity contribution in [3.63, 3.8) is 0 Å². The summed E-state index contributed by atoms with van der Waals surface area (Å²) in [6.07, 6.45) is 0. The Morgan fingerprint density at radius 3 is 2.11 bits per heavy atom. The molecular weight excluding hydrogens is 440 g/mol. The number of para-hydroxylation sites is 2. The summed E-state index contributed by atoms with van der Waals surface area (Å²) in [7, 11) is 0. The molecule has 1 atom stereocenters. The van der Waals surface area contributed by atoms with Gasteiger partial charge in [-0.25, -0.2) is 0 Å². The van der Waals surface area contributed by atoms with Crippen LogP contribution in [0.4, 0.5) is 0 Å². The lowest BCUT2D eigenvalue weighted by atomic mass is 10.0. The van der Waals surface area contributed by atoms with Crippen molar-refractivity contribution in [3.05, 3.63) is 107 Å². The van der Waals surface area contributed by atoms with Crippen molar-refractivity contribution in [1.82, 2.24) is 9.88 Å². The average Bonchev–Trinajstić information content (AvgIpc) is 2.89. The first-order chi connectivity index (χ1) is 17.0. The van der Waals surface area contributed by atoms with Crippen LogP contribution in [0.1, 0.15) is 18.5 Å². The maximum atomic E-state index is 12.9. The monoisotopic (exact) mass is 464 g/mol. The average molecular weight is 465 g/mol. The minimum absolute atomic E-state index is 0.0807. The summed E-state index contributed by atoms with van der Waals surface area (Å²) in [6, 6.07) is 28.1. The normalized spacial score (nSPS) is 12.0. The molecule has 0 aliphatic rings. The van der Waals surface area contributed by atoms with Crippen LogP contribution >= 0.6 is 0 Å². The lowest BCUT2D eigenvalue weighted by Gasteiger charge is -2.16. The van der Waals surface area contributed by atoms with Crippen molar-refractivity contribution in [2.24, 2.45) is 0 Å². The molecule has 1 unspecified atom stereocenters. The predicted octanol–water partition coefficient (Wildman–Crippen LogP) is 4.73. The third kappa shape index (κ3) is 4.51.